The Morgan fingerprint density at radius 1 is 1.44 bits per heavy atom. The van der Waals surface area contributed by atoms with Crippen molar-refractivity contribution >= 4 is 32.6 Å². The van der Waals surface area contributed by atoms with Crippen LogP contribution in [0, 0.1) is 0 Å². The number of rotatable bonds is 2. The van der Waals surface area contributed by atoms with E-state index < -0.39 is 0 Å². The van der Waals surface area contributed by atoms with Crippen LogP contribution in [0.3, 0.4) is 0 Å². The van der Waals surface area contributed by atoms with Gasteiger partial charge in [-0.05, 0) is 35.0 Å². The van der Waals surface area contributed by atoms with Gasteiger partial charge >= 0.3 is 0 Å². The summed E-state index contributed by atoms with van der Waals surface area (Å²) < 4.78 is 8.25. The quantitative estimate of drug-likeness (QED) is 0.792. The molecule has 0 atom stereocenters. The molecule has 0 aliphatic rings. The fourth-order valence-electron chi connectivity index (χ4n) is 1.79. The normalized spacial score (nSPS) is 10.8. The maximum absolute atomic E-state index is 11.4. The van der Waals surface area contributed by atoms with Gasteiger partial charge in [-0.2, -0.15) is 0 Å². The molecule has 2 rings (SSSR count). The Kier molecular flexibility index (Phi) is 2.76. The van der Waals surface area contributed by atoms with Crippen LogP contribution in [0.1, 0.15) is 17.3 Å². The topological polar surface area (TPSA) is 31.2 Å². The van der Waals surface area contributed by atoms with Gasteiger partial charge in [0.15, 0.2) is 5.78 Å². The molecule has 84 valence electrons. The van der Waals surface area contributed by atoms with Gasteiger partial charge in [0.1, 0.15) is 5.75 Å². The molecule has 0 fully saturated rings. The minimum atomic E-state index is 0.0394. The summed E-state index contributed by atoms with van der Waals surface area (Å²) in [5.74, 6) is 0.757. The first-order valence-corrected chi connectivity index (χ1v) is 5.67. The number of Topliss-reactive ketones (excluding diaryl/α,β-unsaturated/α-hetero) is 1. The highest BCUT2D eigenvalue weighted by Crippen LogP contribution is 2.34. The summed E-state index contributed by atoms with van der Waals surface area (Å²) in [5, 5.41) is 0.995. The number of methoxy groups -OCH3 is 1. The first kappa shape index (κ1) is 11.2. The Balaban J connectivity index is 2.86. The van der Waals surface area contributed by atoms with E-state index in [9.17, 15) is 4.79 Å². The van der Waals surface area contributed by atoms with E-state index in [2.05, 4.69) is 15.9 Å². The Bertz CT molecular complexity index is 572. The molecule has 0 saturated heterocycles. The number of fused-ring (bicyclic) bond motifs is 1. The highest BCUT2D eigenvalue weighted by Gasteiger charge is 2.13. The predicted molar refractivity (Wildman–Crippen MR) is 67.2 cm³/mol. The molecule has 0 N–H and O–H groups in total. The van der Waals surface area contributed by atoms with Crippen LogP contribution in [0.2, 0.25) is 0 Å². The molecule has 4 heteroatoms. The molecule has 2 aromatic rings. The Morgan fingerprint density at radius 3 is 2.69 bits per heavy atom. The summed E-state index contributed by atoms with van der Waals surface area (Å²) in [5.41, 5.74) is 1.65. The fourth-order valence-corrected chi connectivity index (χ4v) is 2.49. The lowest BCUT2D eigenvalue weighted by atomic mass is 10.1. The number of hydrogen-bond acceptors (Lipinski definition) is 2. The van der Waals surface area contributed by atoms with Crippen LogP contribution in [-0.2, 0) is 7.05 Å². The highest BCUT2D eigenvalue weighted by atomic mass is 79.9. The number of hydrogen-bond donors (Lipinski definition) is 0. The molecule has 0 aliphatic heterocycles. The molecular formula is C12H12BrNO2. The van der Waals surface area contributed by atoms with Crippen LogP contribution in [0.4, 0.5) is 0 Å². The monoisotopic (exact) mass is 281 g/mol. The van der Waals surface area contributed by atoms with E-state index in [0.29, 0.717) is 5.56 Å². The van der Waals surface area contributed by atoms with E-state index >= 15 is 0 Å². The Morgan fingerprint density at radius 2 is 2.12 bits per heavy atom. The number of halogens is 1. The standard InChI is InChI=1S/C12H12BrNO2/c1-7(15)8-4-10-12(11(5-8)16-3)9(13)6-14(10)2/h4-6H,1-3H3. The van der Waals surface area contributed by atoms with E-state index in [1.54, 1.807) is 20.1 Å². The zero-order valence-corrected chi connectivity index (χ0v) is 11.0. The maximum Gasteiger partial charge on any atom is 0.160 e. The number of benzene rings is 1. The molecule has 0 radical (unpaired) electrons. The van der Waals surface area contributed by atoms with Crippen LogP contribution in [0.15, 0.2) is 22.8 Å². The Labute approximate surface area is 102 Å². The van der Waals surface area contributed by atoms with Crippen LogP contribution < -0.4 is 4.74 Å². The average Bonchev–Trinajstić information content (AvgIpc) is 2.53. The van der Waals surface area contributed by atoms with Crippen LogP contribution in [0.25, 0.3) is 10.9 Å². The maximum atomic E-state index is 11.4. The van der Waals surface area contributed by atoms with Crippen LogP contribution in [0.5, 0.6) is 5.75 Å². The molecule has 0 aliphatic carbocycles. The van der Waals surface area contributed by atoms with E-state index in [4.69, 9.17) is 4.74 Å². The van der Waals surface area contributed by atoms with Crippen molar-refractivity contribution in [1.82, 2.24) is 4.57 Å². The first-order valence-electron chi connectivity index (χ1n) is 4.88. The largest absolute Gasteiger partial charge is 0.496 e. The minimum absolute atomic E-state index is 0.0394. The summed E-state index contributed by atoms with van der Waals surface area (Å²) in [6.07, 6.45) is 1.96. The molecule has 0 saturated carbocycles. The second kappa shape index (κ2) is 3.94. The first-order chi connectivity index (χ1) is 7.54. The lowest BCUT2D eigenvalue weighted by Crippen LogP contribution is -1.95. The minimum Gasteiger partial charge on any atom is -0.496 e. The number of aromatic nitrogens is 1. The van der Waals surface area contributed by atoms with Crippen LogP contribution >= 0.6 is 15.9 Å². The second-order valence-corrected chi connectivity index (χ2v) is 4.57. The van der Waals surface area contributed by atoms with E-state index in [-0.39, 0.29) is 5.78 Å². The number of ether oxygens (including phenoxy) is 1. The van der Waals surface area contributed by atoms with Crippen LogP contribution in [-0.4, -0.2) is 17.5 Å². The van der Waals surface area contributed by atoms with E-state index in [0.717, 1.165) is 21.1 Å². The van der Waals surface area contributed by atoms with Gasteiger partial charge in [-0.3, -0.25) is 4.79 Å². The third-order valence-corrected chi connectivity index (χ3v) is 3.23. The van der Waals surface area contributed by atoms with Crippen molar-refractivity contribution in [1.29, 1.82) is 0 Å². The summed E-state index contributed by atoms with van der Waals surface area (Å²) in [6, 6.07) is 3.65. The molecule has 1 heterocycles. The summed E-state index contributed by atoms with van der Waals surface area (Å²) >= 11 is 3.49. The third-order valence-electron chi connectivity index (χ3n) is 2.63. The molecule has 1 aromatic carbocycles. The predicted octanol–water partition coefficient (Wildman–Crippen LogP) is 3.15. The van der Waals surface area contributed by atoms with Gasteiger partial charge in [-0.15, -0.1) is 0 Å². The smallest absolute Gasteiger partial charge is 0.160 e. The zero-order valence-electron chi connectivity index (χ0n) is 9.37. The molecule has 0 unspecified atom stereocenters. The zero-order chi connectivity index (χ0) is 11.9. The molecule has 16 heavy (non-hydrogen) atoms. The fraction of sp³-hybridized carbons (Fsp3) is 0.250. The number of carbonyl (C=O) groups is 1. The van der Waals surface area contributed by atoms with Gasteiger partial charge in [-0.25, -0.2) is 0 Å². The number of ketones is 1. The number of carbonyl (C=O) groups excluding carboxylic acids is 1. The van der Waals surface area contributed by atoms with Crippen molar-refractivity contribution in [2.75, 3.05) is 7.11 Å². The molecule has 3 nitrogen and oxygen atoms in total. The molecular weight excluding hydrogens is 270 g/mol. The number of aryl methyl sites for hydroxylation is 1. The lowest BCUT2D eigenvalue weighted by Gasteiger charge is -2.06. The third kappa shape index (κ3) is 1.63. The van der Waals surface area contributed by atoms with Crippen molar-refractivity contribution in [3.05, 3.63) is 28.4 Å². The van der Waals surface area contributed by atoms with Gasteiger partial charge < -0.3 is 9.30 Å². The molecule has 0 bridgehead atoms. The molecule has 1 aromatic heterocycles. The van der Waals surface area contributed by atoms with Gasteiger partial charge in [0, 0.05) is 23.3 Å². The van der Waals surface area contributed by atoms with E-state index in [1.165, 1.54) is 0 Å². The summed E-state index contributed by atoms with van der Waals surface area (Å²) in [7, 11) is 3.55. The summed E-state index contributed by atoms with van der Waals surface area (Å²) in [6.45, 7) is 1.55. The van der Waals surface area contributed by atoms with Crippen molar-refractivity contribution in [2.24, 2.45) is 7.05 Å². The van der Waals surface area contributed by atoms with Crippen molar-refractivity contribution in [3.63, 3.8) is 0 Å². The van der Waals surface area contributed by atoms with Crippen molar-refractivity contribution in [2.45, 2.75) is 6.92 Å². The van der Waals surface area contributed by atoms with Gasteiger partial charge in [0.25, 0.3) is 0 Å². The number of nitrogens with zero attached hydrogens (tertiary/aromatic N) is 1. The van der Waals surface area contributed by atoms with Gasteiger partial charge in [-0.1, -0.05) is 0 Å². The average molecular weight is 282 g/mol. The lowest BCUT2D eigenvalue weighted by molar-refractivity contribution is 0.101. The van der Waals surface area contributed by atoms with E-state index in [1.807, 2.05) is 23.9 Å². The second-order valence-electron chi connectivity index (χ2n) is 3.72. The summed E-state index contributed by atoms with van der Waals surface area (Å²) in [4.78, 5) is 11.4. The molecule has 0 spiro atoms. The van der Waals surface area contributed by atoms with Crippen molar-refractivity contribution < 1.29 is 9.53 Å². The SMILES string of the molecule is COc1cc(C(C)=O)cc2c1c(Br)cn2C. The van der Waals surface area contributed by atoms with Crippen molar-refractivity contribution in [3.8, 4) is 5.75 Å². The molecule has 0 amide bonds. The van der Waals surface area contributed by atoms with Gasteiger partial charge in [0.05, 0.1) is 18.0 Å². The van der Waals surface area contributed by atoms with Gasteiger partial charge in [0.2, 0.25) is 0 Å². The Hall–Kier alpha value is -1.29. The highest BCUT2D eigenvalue weighted by molar-refractivity contribution is 9.10.